The summed E-state index contributed by atoms with van der Waals surface area (Å²) in [6.07, 6.45) is 0.129. The second-order valence-electron chi connectivity index (χ2n) is 4.99. The Hall–Kier alpha value is -2.13. The van der Waals surface area contributed by atoms with Gasteiger partial charge in [-0.05, 0) is 23.8 Å². The summed E-state index contributed by atoms with van der Waals surface area (Å²) in [5.74, 6) is 0.471. The molecular formula is C15H11ClF3N5S. The average molecular weight is 386 g/mol. The van der Waals surface area contributed by atoms with E-state index in [4.69, 9.17) is 11.6 Å². The van der Waals surface area contributed by atoms with Crippen molar-refractivity contribution in [3.63, 3.8) is 0 Å². The Morgan fingerprint density at radius 3 is 2.52 bits per heavy atom. The number of thioether (sulfide) groups is 1. The number of nitrogens with zero attached hydrogens (tertiary/aromatic N) is 5. The summed E-state index contributed by atoms with van der Waals surface area (Å²) in [6, 6.07) is 6.65. The first-order chi connectivity index (χ1) is 11.9. The first-order valence-electron chi connectivity index (χ1n) is 7.06. The van der Waals surface area contributed by atoms with E-state index in [1.54, 1.807) is 30.5 Å². The number of hydrogen-bond acceptors (Lipinski definition) is 5. The Balaban J connectivity index is 1.91. The fourth-order valence-electron chi connectivity index (χ4n) is 2.10. The number of alkyl halides is 3. The summed E-state index contributed by atoms with van der Waals surface area (Å²) in [7, 11) is 0. The Kier molecular flexibility index (Phi) is 5.24. The fraction of sp³-hybridized carbons (Fsp3) is 0.200. The van der Waals surface area contributed by atoms with Crippen LogP contribution in [0.4, 0.5) is 13.2 Å². The van der Waals surface area contributed by atoms with Gasteiger partial charge in [-0.3, -0.25) is 9.55 Å². The molecule has 0 radical (unpaired) electrons. The quantitative estimate of drug-likeness (QED) is 0.485. The van der Waals surface area contributed by atoms with Crippen LogP contribution in [0.2, 0.25) is 5.15 Å². The van der Waals surface area contributed by atoms with E-state index in [0.717, 1.165) is 16.3 Å². The lowest BCUT2D eigenvalue weighted by Crippen LogP contribution is -2.19. The third-order valence-electron chi connectivity index (χ3n) is 3.19. The van der Waals surface area contributed by atoms with Crippen LogP contribution in [-0.4, -0.2) is 30.9 Å². The summed E-state index contributed by atoms with van der Waals surface area (Å²) < 4.78 is 40.0. The Morgan fingerprint density at radius 1 is 1.08 bits per heavy atom. The molecule has 0 aliphatic carbocycles. The molecule has 25 heavy (non-hydrogen) atoms. The van der Waals surface area contributed by atoms with Gasteiger partial charge >= 0.3 is 6.18 Å². The second-order valence-corrected chi connectivity index (χ2v) is 6.29. The van der Waals surface area contributed by atoms with Crippen LogP contribution >= 0.6 is 23.4 Å². The smallest absolute Gasteiger partial charge is 0.293 e. The molecule has 130 valence electrons. The Bertz CT molecular complexity index is 854. The van der Waals surface area contributed by atoms with Crippen molar-refractivity contribution >= 4 is 23.4 Å². The van der Waals surface area contributed by atoms with Crippen molar-refractivity contribution < 1.29 is 13.2 Å². The lowest BCUT2D eigenvalue weighted by atomic mass is 10.2. The molecule has 0 unspecified atom stereocenters. The third-order valence-corrected chi connectivity index (χ3v) is 4.54. The minimum Gasteiger partial charge on any atom is -0.293 e. The molecule has 0 spiro atoms. The van der Waals surface area contributed by atoms with E-state index in [-0.39, 0.29) is 11.0 Å². The molecule has 0 aromatic carbocycles. The topological polar surface area (TPSA) is 56.5 Å². The molecule has 3 aromatic rings. The maximum atomic E-state index is 13.0. The van der Waals surface area contributed by atoms with Crippen LogP contribution in [0.5, 0.6) is 0 Å². The third kappa shape index (κ3) is 4.49. The predicted octanol–water partition coefficient (Wildman–Crippen LogP) is 4.24. The molecule has 0 amide bonds. The number of hydrogen-bond donors (Lipinski definition) is 0. The van der Waals surface area contributed by atoms with Gasteiger partial charge < -0.3 is 0 Å². The normalized spacial score (nSPS) is 11.7. The van der Waals surface area contributed by atoms with Crippen LogP contribution in [0, 0.1) is 0 Å². The molecule has 10 heteroatoms. The molecule has 0 N–H and O–H groups in total. The van der Waals surface area contributed by atoms with Gasteiger partial charge in [0.25, 0.3) is 0 Å². The van der Waals surface area contributed by atoms with Crippen LogP contribution in [-0.2, 0) is 12.3 Å². The molecule has 3 rings (SSSR count). The van der Waals surface area contributed by atoms with E-state index in [1.807, 2.05) is 0 Å². The van der Waals surface area contributed by atoms with E-state index in [2.05, 4.69) is 20.2 Å². The number of pyridine rings is 2. The zero-order chi connectivity index (χ0) is 17.9. The lowest BCUT2D eigenvalue weighted by Gasteiger charge is -2.12. The van der Waals surface area contributed by atoms with E-state index >= 15 is 0 Å². The van der Waals surface area contributed by atoms with Crippen molar-refractivity contribution in [2.45, 2.75) is 23.6 Å². The van der Waals surface area contributed by atoms with Crippen molar-refractivity contribution in [1.82, 2.24) is 24.7 Å². The van der Waals surface area contributed by atoms with Gasteiger partial charge in [0.1, 0.15) is 11.7 Å². The number of aromatic nitrogens is 5. The minimum atomic E-state index is -4.40. The number of rotatable bonds is 5. The zero-order valence-corrected chi connectivity index (χ0v) is 14.2. The van der Waals surface area contributed by atoms with Gasteiger partial charge in [-0.2, -0.15) is 13.2 Å². The van der Waals surface area contributed by atoms with Crippen molar-refractivity contribution in [3.05, 3.63) is 53.6 Å². The standard InChI is InChI=1S/C15H11ClF3N5S/c16-12-11(2-1-5-21-12)8-25-14-23-22-13(10-3-6-20-7-4-10)24(14)9-15(17,18)19/h1-7H,8-9H2. The summed E-state index contributed by atoms with van der Waals surface area (Å²) in [4.78, 5) is 7.81. The van der Waals surface area contributed by atoms with Crippen LogP contribution in [0.1, 0.15) is 5.56 Å². The minimum absolute atomic E-state index is 0.138. The second kappa shape index (κ2) is 7.40. The molecule has 0 aliphatic rings. The molecule has 3 heterocycles. The largest absolute Gasteiger partial charge is 0.406 e. The molecule has 0 atom stereocenters. The first kappa shape index (κ1) is 17.7. The monoisotopic (exact) mass is 385 g/mol. The van der Waals surface area contributed by atoms with Crippen LogP contribution in [0.3, 0.4) is 0 Å². The van der Waals surface area contributed by atoms with Gasteiger partial charge in [0, 0.05) is 29.9 Å². The van der Waals surface area contributed by atoms with Crippen molar-refractivity contribution in [2.75, 3.05) is 0 Å². The molecular weight excluding hydrogens is 375 g/mol. The fourth-order valence-corrected chi connectivity index (χ4v) is 3.29. The highest BCUT2D eigenvalue weighted by molar-refractivity contribution is 7.98. The Labute approximate surface area is 150 Å². The van der Waals surface area contributed by atoms with E-state index < -0.39 is 12.7 Å². The maximum absolute atomic E-state index is 13.0. The van der Waals surface area contributed by atoms with Crippen LogP contribution in [0.15, 0.2) is 48.0 Å². The van der Waals surface area contributed by atoms with E-state index in [0.29, 0.717) is 22.0 Å². The SMILES string of the molecule is FC(F)(F)Cn1c(SCc2cccnc2Cl)nnc1-c1ccncc1. The Morgan fingerprint density at radius 2 is 1.84 bits per heavy atom. The summed E-state index contributed by atoms with van der Waals surface area (Å²) in [5, 5.41) is 8.30. The maximum Gasteiger partial charge on any atom is 0.406 e. The van der Waals surface area contributed by atoms with Gasteiger partial charge in [-0.1, -0.05) is 29.4 Å². The summed E-state index contributed by atoms with van der Waals surface area (Å²) >= 11 is 7.10. The zero-order valence-electron chi connectivity index (χ0n) is 12.6. The van der Waals surface area contributed by atoms with Crippen molar-refractivity contribution in [1.29, 1.82) is 0 Å². The van der Waals surface area contributed by atoms with Gasteiger partial charge in [0.05, 0.1) is 0 Å². The van der Waals surface area contributed by atoms with Crippen molar-refractivity contribution in [3.8, 4) is 11.4 Å². The van der Waals surface area contributed by atoms with Crippen LogP contribution < -0.4 is 0 Å². The van der Waals surface area contributed by atoms with Gasteiger partial charge in [-0.15, -0.1) is 10.2 Å². The molecule has 0 saturated carbocycles. The molecule has 0 fully saturated rings. The molecule has 0 aliphatic heterocycles. The van der Waals surface area contributed by atoms with Gasteiger partial charge in [0.15, 0.2) is 11.0 Å². The van der Waals surface area contributed by atoms with Gasteiger partial charge in [-0.25, -0.2) is 4.98 Å². The van der Waals surface area contributed by atoms with Crippen LogP contribution in [0.25, 0.3) is 11.4 Å². The number of halogens is 4. The van der Waals surface area contributed by atoms with Gasteiger partial charge in [0.2, 0.25) is 0 Å². The molecule has 3 aromatic heterocycles. The average Bonchev–Trinajstić information content (AvgIpc) is 2.96. The molecule has 0 saturated heterocycles. The predicted molar refractivity (Wildman–Crippen MR) is 88.1 cm³/mol. The highest BCUT2D eigenvalue weighted by atomic mass is 35.5. The van der Waals surface area contributed by atoms with E-state index in [9.17, 15) is 13.2 Å². The van der Waals surface area contributed by atoms with E-state index in [1.165, 1.54) is 12.4 Å². The summed E-state index contributed by atoms with van der Waals surface area (Å²) in [5.41, 5.74) is 1.22. The molecule has 0 bridgehead atoms. The van der Waals surface area contributed by atoms with Crippen molar-refractivity contribution in [2.24, 2.45) is 0 Å². The highest BCUT2D eigenvalue weighted by Gasteiger charge is 2.31. The first-order valence-corrected chi connectivity index (χ1v) is 8.43. The lowest BCUT2D eigenvalue weighted by molar-refractivity contribution is -0.141. The summed E-state index contributed by atoms with van der Waals surface area (Å²) in [6.45, 7) is -1.18. The highest BCUT2D eigenvalue weighted by Crippen LogP contribution is 2.30. The molecule has 5 nitrogen and oxygen atoms in total.